The predicted octanol–water partition coefficient (Wildman–Crippen LogP) is 3.35. The summed E-state index contributed by atoms with van der Waals surface area (Å²) in [5.41, 5.74) is 0.897. The van der Waals surface area contributed by atoms with Gasteiger partial charge in [0.1, 0.15) is 0 Å². The summed E-state index contributed by atoms with van der Waals surface area (Å²) in [4.78, 5) is 15.2. The molecule has 1 aromatic carbocycles. The van der Waals surface area contributed by atoms with Crippen LogP contribution in [-0.2, 0) is 4.79 Å². The zero-order chi connectivity index (χ0) is 18.5. The zero-order valence-corrected chi connectivity index (χ0v) is 16.2. The first kappa shape index (κ1) is 17.5. The van der Waals surface area contributed by atoms with Gasteiger partial charge in [0.15, 0.2) is 0 Å². The van der Waals surface area contributed by atoms with Crippen LogP contribution >= 0.6 is 0 Å². The minimum absolute atomic E-state index is 0.0780. The SMILES string of the molecule is O=C(CC12C[C@H]3C[C@@H](CC(O)(C3)C1)C2)NC[C@H]1CCN(c2ccccc2)C1. The second-order valence-electron chi connectivity index (χ2n) is 10.1. The lowest BCUT2D eigenvalue weighted by Crippen LogP contribution is -2.56. The van der Waals surface area contributed by atoms with Crippen LogP contribution < -0.4 is 10.2 Å². The van der Waals surface area contributed by atoms with Gasteiger partial charge in [-0.25, -0.2) is 0 Å². The van der Waals surface area contributed by atoms with Gasteiger partial charge in [-0.05, 0) is 80.2 Å². The molecule has 4 aliphatic carbocycles. The minimum atomic E-state index is -0.466. The molecule has 27 heavy (non-hydrogen) atoms. The molecule has 4 saturated carbocycles. The van der Waals surface area contributed by atoms with Gasteiger partial charge in [-0.15, -0.1) is 0 Å². The van der Waals surface area contributed by atoms with Crippen molar-refractivity contribution in [2.45, 2.75) is 57.0 Å². The van der Waals surface area contributed by atoms with E-state index in [1.54, 1.807) is 0 Å². The van der Waals surface area contributed by atoms with E-state index < -0.39 is 5.60 Å². The molecule has 0 spiro atoms. The molecule has 4 bridgehead atoms. The molecule has 1 aliphatic heterocycles. The number of amides is 1. The lowest BCUT2D eigenvalue weighted by atomic mass is 9.47. The molecule has 3 atom stereocenters. The quantitative estimate of drug-likeness (QED) is 0.838. The Bertz CT molecular complexity index is 690. The van der Waals surface area contributed by atoms with Crippen molar-refractivity contribution in [3.05, 3.63) is 30.3 Å². The van der Waals surface area contributed by atoms with Gasteiger partial charge in [-0.1, -0.05) is 18.2 Å². The third-order valence-electron chi connectivity index (χ3n) is 7.68. The van der Waals surface area contributed by atoms with Crippen LogP contribution in [-0.4, -0.2) is 36.2 Å². The molecule has 5 fully saturated rings. The first-order chi connectivity index (χ1) is 13.0. The van der Waals surface area contributed by atoms with Gasteiger partial charge in [-0.3, -0.25) is 4.79 Å². The van der Waals surface area contributed by atoms with Crippen LogP contribution in [0.3, 0.4) is 0 Å². The predicted molar refractivity (Wildman–Crippen MR) is 106 cm³/mol. The van der Waals surface area contributed by atoms with Crippen molar-refractivity contribution < 1.29 is 9.90 Å². The van der Waals surface area contributed by atoms with Crippen LogP contribution in [0.15, 0.2) is 30.3 Å². The van der Waals surface area contributed by atoms with E-state index in [-0.39, 0.29) is 11.3 Å². The van der Waals surface area contributed by atoms with Crippen LogP contribution in [0.5, 0.6) is 0 Å². The fourth-order valence-corrected chi connectivity index (χ4v) is 7.14. The van der Waals surface area contributed by atoms with E-state index in [1.165, 1.54) is 12.1 Å². The highest BCUT2D eigenvalue weighted by Gasteiger charge is 2.57. The maximum Gasteiger partial charge on any atom is 0.220 e. The number of nitrogens with one attached hydrogen (secondary N) is 1. The lowest BCUT2D eigenvalue weighted by molar-refractivity contribution is -0.169. The Morgan fingerprint density at radius 1 is 1.15 bits per heavy atom. The van der Waals surface area contributed by atoms with Crippen LogP contribution in [0.25, 0.3) is 0 Å². The Kier molecular flexibility index (Phi) is 4.23. The molecule has 0 aromatic heterocycles. The standard InChI is InChI=1S/C23H32N2O2/c26-21(13-22-9-18-8-19(10-22)12-23(27,11-18)16-22)24-14-17-6-7-25(15-17)20-4-2-1-3-5-20/h1-5,17-19,27H,6-16H2,(H,24,26)/t17-,18-,19-,22?,23?/m1/s1. The minimum Gasteiger partial charge on any atom is -0.390 e. The highest BCUT2D eigenvalue weighted by molar-refractivity contribution is 5.76. The molecular weight excluding hydrogens is 336 g/mol. The van der Waals surface area contributed by atoms with Crippen molar-refractivity contribution in [1.29, 1.82) is 0 Å². The molecule has 0 radical (unpaired) electrons. The first-order valence-corrected chi connectivity index (χ1v) is 10.8. The summed E-state index contributed by atoms with van der Waals surface area (Å²) in [7, 11) is 0. The Balaban J connectivity index is 1.14. The van der Waals surface area contributed by atoms with Gasteiger partial charge in [0.2, 0.25) is 5.91 Å². The summed E-state index contributed by atoms with van der Waals surface area (Å²) >= 11 is 0. The van der Waals surface area contributed by atoms with Crippen LogP contribution in [0, 0.1) is 23.2 Å². The van der Waals surface area contributed by atoms with Crippen LogP contribution in [0.2, 0.25) is 0 Å². The van der Waals surface area contributed by atoms with Gasteiger partial charge in [0, 0.05) is 31.7 Å². The lowest BCUT2D eigenvalue weighted by Gasteiger charge is -2.60. The van der Waals surface area contributed by atoms with Gasteiger partial charge >= 0.3 is 0 Å². The summed E-state index contributed by atoms with van der Waals surface area (Å²) in [6.07, 6.45) is 8.17. The normalized spacial score (nSPS) is 39.7. The molecule has 146 valence electrons. The molecule has 2 N–H and O–H groups in total. The number of hydrogen-bond acceptors (Lipinski definition) is 3. The highest BCUT2D eigenvalue weighted by atomic mass is 16.3. The van der Waals surface area contributed by atoms with E-state index in [2.05, 4.69) is 40.5 Å². The molecule has 5 aliphatic rings. The first-order valence-electron chi connectivity index (χ1n) is 10.8. The number of carbonyl (C=O) groups is 1. The molecule has 1 saturated heterocycles. The van der Waals surface area contributed by atoms with Crippen molar-refractivity contribution in [3.8, 4) is 0 Å². The molecule has 1 amide bonds. The van der Waals surface area contributed by atoms with E-state index in [1.807, 2.05) is 0 Å². The number of para-hydroxylation sites is 1. The molecule has 1 heterocycles. The Labute approximate surface area is 162 Å². The van der Waals surface area contributed by atoms with E-state index in [0.29, 0.717) is 24.2 Å². The van der Waals surface area contributed by atoms with Crippen molar-refractivity contribution >= 4 is 11.6 Å². The summed E-state index contributed by atoms with van der Waals surface area (Å²) in [6, 6.07) is 10.6. The monoisotopic (exact) mass is 368 g/mol. The number of anilines is 1. The maximum atomic E-state index is 12.7. The van der Waals surface area contributed by atoms with Gasteiger partial charge in [0.25, 0.3) is 0 Å². The van der Waals surface area contributed by atoms with Crippen LogP contribution in [0.4, 0.5) is 5.69 Å². The van der Waals surface area contributed by atoms with Crippen molar-refractivity contribution in [1.82, 2.24) is 5.32 Å². The Morgan fingerprint density at radius 2 is 1.89 bits per heavy atom. The number of rotatable bonds is 5. The third-order valence-corrected chi connectivity index (χ3v) is 7.68. The fourth-order valence-electron chi connectivity index (χ4n) is 7.14. The Morgan fingerprint density at radius 3 is 2.59 bits per heavy atom. The molecule has 6 rings (SSSR count). The smallest absolute Gasteiger partial charge is 0.220 e. The van der Waals surface area contributed by atoms with Gasteiger partial charge in [0.05, 0.1) is 5.60 Å². The fraction of sp³-hybridized carbons (Fsp3) is 0.696. The maximum absolute atomic E-state index is 12.7. The molecular formula is C23H32N2O2. The number of hydrogen-bond donors (Lipinski definition) is 2. The molecule has 4 nitrogen and oxygen atoms in total. The number of nitrogens with zero attached hydrogens (tertiary/aromatic N) is 1. The molecule has 0 unspecified atom stereocenters. The van der Waals surface area contributed by atoms with E-state index >= 15 is 0 Å². The second-order valence-corrected chi connectivity index (χ2v) is 10.1. The average molecular weight is 369 g/mol. The summed E-state index contributed by atoms with van der Waals surface area (Å²) in [5, 5.41) is 14.1. The number of carbonyl (C=O) groups excluding carboxylic acids is 1. The van der Waals surface area contributed by atoms with Gasteiger partial charge < -0.3 is 15.3 Å². The van der Waals surface area contributed by atoms with Gasteiger partial charge in [-0.2, -0.15) is 0 Å². The van der Waals surface area contributed by atoms with E-state index in [0.717, 1.165) is 58.2 Å². The summed E-state index contributed by atoms with van der Waals surface area (Å²) in [5.74, 6) is 2.05. The van der Waals surface area contributed by atoms with Crippen LogP contribution in [0.1, 0.15) is 51.4 Å². The largest absolute Gasteiger partial charge is 0.390 e. The van der Waals surface area contributed by atoms with Crippen molar-refractivity contribution in [2.24, 2.45) is 23.2 Å². The molecule has 1 aromatic rings. The van der Waals surface area contributed by atoms with E-state index in [9.17, 15) is 9.90 Å². The summed E-state index contributed by atoms with van der Waals surface area (Å²) < 4.78 is 0. The number of aliphatic hydroxyl groups is 1. The second kappa shape index (κ2) is 6.51. The van der Waals surface area contributed by atoms with Crippen molar-refractivity contribution in [3.63, 3.8) is 0 Å². The van der Waals surface area contributed by atoms with Crippen molar-refractivity contribution in [2.75, 3.05) is 24.5 Å². The zero-order valence-electron chi connectivity index (χ0n) is 16.2. The number of benzene rings is 1. The summed E-state index contributed by atoms with van der Waals surface area (Å²) in [6.45, 7) is 2.89. The average Bonchev–Trinajstić information content (AvgIpc) is 3.07. The molecule has 4 heteroatoms. The topological polar surface area (TPSA) is 52.6 Å². The third kappa shape index (κ3) is 3.49. The Hall–Kier alpha value is -1.55. The highest BCUT2D eigenvalue weighted by Crippen LogP contribution is 2.62. The van der Waals surface area contributed by atoms with E-state index in [4.69, 9.17) is 0 Å².